The second kappa shape index (κ2) is 38.5. The number of aliphatic hydroxyl groups is 5. The van der Waals surface area contributed by atoms with E-state index in [0.717, 1.165) is 57.9 Å². The van der Waals surface area contributed by atoms with Gasteiger partial charge in [-0.15, -0.1) is 11.6 Å². The molecule has 0 saturated carbocycles. The van der Waals surface area contributed by atoms with Crippen LogP contribution < -0.4 is 59.3 Å². The fourth-order valence-electron chi connectivity index (χ4n) is 7.63. The van der Waals surface area contributed by atoms with Crippen molar-refractivity contribution in [2.24, 2.45) is 11.5 Å². The van der Waals surface area contributed by atoms with E-state index in [0.29, 0.717) is 6.42 Å². The van der Waals surface area contributed by atoms with Gasteiger partial charge in [-0.25, -0.2) is 9.59 Å². The average Bonchev–Trinajstić information content (AvgIpc) is 3.39. The molecule has 19 N–H and O–H groups in total. The molecule has 11 unspecified atom stereocenters. The Morgan fingerprint density at radius 1 is 0.705 bits per heavy atom. The van der Waals surface area contributed by atoms with E-state index in [-0.39, 0.29) is 38.8 Å². The smallest absolute Gasteiger partial charge is 0.335 e. The number of rotatable bonds is 25. The third-order valence-corrected chi connectivity index (χ3v) is 12.4. The molecule has 0 aromatic heterocycles. The van der Waals surface area contributed by atoms with Crippen molar-refractivity contribution in [2.75, 3.05) is 38.7 Å². The van der Waals surface area contributed by atoms with Crippen molar-refractivity contribution in [1.82, 2.24) is 47.9 Å². The molecule has 1 fully saturated rings. The van der Waals surface area contributed by atoms with Crippen LogP contribution in [-0.2, 0) is 57.5 Å². The summed E-state index contributed by atoms with van der Waals surface area (Å²) in [6.45, 7) is 1.46. The second-order valence-corrected chi connectivity index (χ2v) is 18.9. The summed E-state index contributed by atoms with van der Waals surface area (Å²) in [5.41, 5.74) is 10.6. The molecule has 0 spiro atoms. The summed E-state index contributed by atoms with van der Waals surface area (Å²) in [6, 6.07) is -13.3. The number of aliphatic carboxylic acids is 1. The summed E-state index contributed by atoms with van der Waals surface area (Å²) in [5, 5.41) is 81.9. The molecule has 1 aliphatic heterocycles. The number of unbranched alkanes of at least 4 members (excludes halogenated alkanes) is 8. The van der Waals surface area contributed by atoms with Gasteiger partial charge in [0.2, 0.25) is 47.3 Å². The minimum Gasteiger partial charge on any atom is -0.479 e. The summed E-state index contributed by atoms with van der Waals surface area (Å²) in [6.07, 6.45) is 0.901. The number of nitrogens with one attached hydrogen (secondary N) is 9. The van der Waals surface area contributed by atoms with Gasteiger partial charge in [0.05, 0.1) is 37.2 Å². The number of allylic oxidation sites excluding steroid dienone is 1. The first kappa shape index (κ1) is 69.9. The van der Waals surface area contributed by atoms with E-state index in [1.165, 1.54) is 13.3 Å². The van der Waals surface area contributed by atoms with Crippen molar-refractivity contribution in [3.05, 3.63) is 11.8 Å². The fraction of sp³-hybridized carbons (Fsp3) is 0.729. The quantitative estimate of drug-likeness (QED) is 0.0176. The van der Waals surface area contributed by atoms with Gasteiger partial charge in [0, 0.05) is 6.61 Å². The van der Waals surface area contributed by atoms with E-state index in [2.05, 4.69) is 44.1 Å². The first-order valence-electron chi connectivity index (χ1n) is 26.0. The number of carbonyl (C=O) groups is 11. The van der Waals surface area contributed by atoms with Crippen molar-refractivity contribution < 1.29 is 88.1 Å². The minimum atomic E-state index is -2.80. The van der Waals surface area contributed by atoms with Crippen LogP contribution in [0.1, 0.15) is 117 Å². The Labute approximate surface area is 457 Å². The van der Waals surface area contributed by atoms with Crippen LogP contribution >= 0.6 is 11.6 Å². The topological polar surface area (TPSA) is 479 Å². The van der Waals surface area contributed by atoms with Crippen molar-refractivity contribution in [3.8, 4) is 0 Å². The molecule has 0 aliphatic carbocycles. The molecule has 444 valence electrons. The molecule has 1 aliphatic rings. The molecule has 30 heteroatoms. The van der Waals surface area contributed by atoms with E-state index >= 15 is 0 Å². The molecular weight excluding hydrogens is 1050 g/mol. The van der Waals surface area contributed by atoms with E-state index in [4.69, 9.17) is 27.8 Å². The molecule has 1 heterocycles. The number of hydrogen-bond donors (Lipinski definition) is 17. The first-order valence-corrected chi connectivity index (χ1v) is 26.6. The standard InChI is InChI=1S/C48H82ClN11O18/c1-4-6-7-8-9-10-11-12-13-15-27(63)22-34(65)54-32-25-78-48(77)37(33(64)23-49)59-46(74)38(39(67)47(75)76)60-41(69)28(5-2)55-45(73)36(26(3)62)58-43(71)29(16-14-19-50)56-42(70)31(18-21-61)53-35(66)24-52-40(68)30(17-20-51)57-44(32)72/h5,26-27,29-33,36-39,61-64,67H,4,6-25,50-51H2,1-3H3,(H,52,68)(H,53,66)(H,54,65)(H,55,73)(H,56,70)(H,57,72)(H,58,71)(H,59,74)(H,60,69)(H,75,76)/b28-5-. The molecule has 29 nitrogen and oxygen atoms in total. The number of hydrogen-bond acceptors (Lipinski definition) is 19. The Bertz CT molecular complexity index is 2020. The Morgan fingerprint density at radius 2 is 1.28 bits per heavy atom. The van der Waals surface area contributed by atoms with E-state index in [1.54, 1.807) is 0 Å². The van der Waals surface area contributed by atoms with E-state index in [1.807, 2.05) is 10.6 Å². The lowest BCUT2D eigenvalue weighted by Gasteiger charge is -2.28. The van der Waals surface area contributed by atoms with Crippen LogP contribution in [0.5, 0.6) is 0 Å². The Balaban J connectivity index is 3.80. The number of carboxylic acids is 1. The van der Waals surface area contributed by atoms with Crippen molar-refractivity contribution in [1.29, 1.82) is 0 Å². The molecule has 0 aromatic rings. The van der Waals surface area contributed by atoms with E-state index < -0.39 is 176 Å². The molecule has 11 atom stereocenters. The third-order valence-electron chi connectivity index (χ3n) is 12.1. The van der Waals surface area contributed by atoms with Crippen molar-refractivity contribution >= 4 is 76.7 Å². The zero-order chi connectivity index (χ0) is 58.9. The maximum absolute atomic E-state index is 13.9. The molecule has 1 rings (SSSR count). The molecule has 1 saturated heterocycles. The summed E-state index contributed by atoms with van der Waals surface area (Å²) >= 11 is 5.84. The average molecular weight is 1140 g/mol. The zero-order valence-electron chi connectivity index (χ0n) is 44.4. The van der Waals surface area contributed by atoms with Gasteiger partial charge < -0.3 is 94.7 Å². The number of aliphatic hydroxyl groups excluding tert-OH is 5. The predicted octanol–water partition coefficient (Wildman–Crippen LogP) is -5.36. The van der Waals surface area contributed by atoms with Crippen LogP contribution in [0.15, 0.2) is 11.8 Å². The Hall–Kier alpha value is -6.08. The lowest BCUT2D eigenvalue weighted by atomic mass is 10.0. The molecule has 9 amide bonds. The number of alkyl halides is 1. The van der Waals surface area contributed by atoms with Gasteiger partial charge in [0.25, 0.3) is 5.91 Å². The van der Waals surface area contributed by atoms with Gasteiger partial charge >= 0.3 is 11.9 Å². The number of amides is 9. The summed E-state index contributed by atoms with van der Waals surface area (Å²) in [4.78, 5) is 148. The van der Waals surface area contributed by atoms with Crippen LogP contribution in [-0.4, -0.2) is 201 Å². The summed E-state index contributed by atoms with van der Waals surface area (Å²) in [7, 11) is 0. The highest BCUT2D eigenvalue weighted by Gasteiger charge is 2.40. The fourth-order valence-corrected chi connectivity index (χ4v) is 7.80. The van der Waals surface area contributed by atoms with Crippen LogP contribution in [0.2, 0.25) is 0 Å². The van der Waals surface area contributed by atoms with Crippen LogP contribution in [0.4, 0.5) is 0 Å². The molecule has 0 aromatic carbocycles. The SMILES string of the molecule is C/C=C1\NC(=O)C(C(C)O)NC(=O)C(CCCN)NC(=O)C(CCO)NC(=O)CNC(=O)C(CCN)NC(=O)C(NC(=O)CC(O)CCCCCCCCCCC)COC(=O)C(C(O)CCl)NC(=O)C(C(O)C(=O)O)NC1=O. The second-order valence-electron chi connectivity index (χ2n) is 18.6. The Kier molecular flexibility index (Phi) is 34.5. The van der Waals surface area contributed by atoms with Crippen LogP contribution in [0.25, 0.3) is 0 Å². The van der Waals surface area contributed by atoms with Gasteiger partial charge in [0.1, 0.15) is 48.6 Å². The third kappa shape index (κ3) is 26.0. The predicted molar refractivity (Wildman–Crippen MR) is 278 cm³/mol. The Morgan fingerprint density at radius 3 is 1.85 bits per heavy atom. The normalized spacial score (nSPS) is 24.4. The molecular formula is C48H82ClN11O18. The first-order chi connectivity index (χ1) is 37.0. The lowest BCUT2D eigenvalue weighted by Crippen LogP contribution is -2.62. The summed E-state index contributed by atoms with van der Waals surface area (Å²) < 4.78 is 5.26. The largest absolute Gasteiger partial charge is 0.479 e. The number of cyclic esters (lactones) is 1. The lowest BCUT2D eigenvalue weighted by molar-refractivity contribution is -0.155. The highest BCUT2D eigenvalue weighted by Crippen LogP contribution is 2.13. The number of ether oxygens (including phenoxy) is 1. The highest BCUT2D eigenvalue weighted by molar-refractivity contribution is 6.18. The molecule has 0 bridgehead atoms. The number of esters is 1. The summed E-state index contributed by atoms with van der Waals surface area (Å²) in [5.74, 6) is -15.3. The van der Waals surface area contributed by atoms with Crippen molar-refractivity contribution in [3.63, 3.8) is 0 Å². The number of nitrogens with two attached hydrogens (primary N) is 2. The number of carboxylic acid groups (broad SMARTS) is 1. The maximum Gasteiger partial charge on any atom is 0.335 e. The van der Waals surface area contributed by atoms with Crippen molar-refractivity contribution in [2.45, 2.75) is 184 Å². The van der Waals surface area contributed by atoms with Crippen LogP contribution in [0.3, 0.4) is 0 Å². The van der Waals surface area contributed by atoms with Gasteiger partial charge in [-0.05, 0) is 59.0 Å². The van der Waals surface area contributed by atoms with Gasteiger partial charge in [-0.3, -0.25) is 43.2 Å². The number of carbonyl (C=O) groups excluding carboxylic acids is 10. The van der Waals surface area contributed by atoms with Crippen LogP contribution in [0, 0.1) is 0 Å². The van der Waals surface area contributed by atoms with Gasteiger partial charge in [0.15, 0.2) is 12.1 Å². The van der Waals surface area contributed by atoms with Gasteiger partial charge in [-0.2, -0.15) is 0 Å². The zero-order valence-corrected chi connectivity index (χ0v) is 45.1. The molecule has 78 heavy (non-hydrogen) atoms. The van der Waals surface area contributed by atoms with Gasteiger partial charge in [-0.1, -0.05) is 70.8 Å². The minimum absolute atomic E-state index is 0.00559. The molecule has 0 radical (unpaired) electrons. The monoisotopic (exact) mass is 1140 g/mol. The number of halogens is 1. The maximum atomic E-state index is 13.9. The highest BCUT2D eigenvalue weighted by atomic mass is 35.5. The van der Waals surface area contributed by atoms with E-state index in [9.17, 15) is 83.4 Å².